The number of hydrogen-bond acceptors (Lipinski definition) is 3. The normalized spacial score (nSPS) is 11.2. The first-order valence-electron chi connectivity index (χ1n) is 7.28. The maximum atomic E-state index is 12.8. The lowest BCUT2D eigenvalue weighted by molar-refractivity contribution is -0.114. The molecule has 0 aliphatic carbocycles. The number of anilines is 2. The number of halogens is 1. The second kappa shape index (κ2) is 6.83. The van der Waals surface area contributed by atoms with Crippen LogP contribution in [0, 0.1) is 20.8 Å². The molecule has 2 aromatic carbocycles. The molecule has 0 spiro atoms. The summed E-state index contributed by atoms with van der Waals surface area (Å²) in [5.74, 6) is -0.211. The third kappa shape index (κ3) is 4.07. The number of benzene rings is 2. The molecule has 0 aliphatic heterocycles. The highest BCUT2D eigenvalue weighted by Gasteiger charge is 2.21. The van der Waals surface area contributed by atoms with Gasteiger partial charge < -0.3 is 5.32 Å². The Morgan fingerprint density at radius 1 is 1.00 bits per heavy atom. The summed E-state index contributed by atoms with van der Waals surface area (Å²) in [6.45, 7) is 6.59. The molecular weight excluding hydrogens is 348 g/mol. The van der Waals surface area contributed by atoms with E-state index in [1.807, 2.05) is 0 Å². The van der Waals surface area contributed by atoms with Crippen molar-refractivity contribution in [2.24, 2.45) is 0 Å². The molecule has 1 amide bonds. The fraction of sp³-hybridized carbons (Fsp3) is 0.235. The van der Waals surface area contributed by atoms with Crippen molar-refractivity contribution in [2.75, 3.05) is 10.0 Å². The zero-order valence-electron chi connectivity index (χ0n) is 13.9. The van der Waals surface area contributed by atoms with Gasteiger partial charge in [-0.15, -0.1) is 0 Å². The molecule has 24 heavy (non-hydrogen) atoms. The van der Waals surface area contributed by atoms with Crippen molar-refractivity contribution >= 4 is 38.9 Å². The number of carbonyl (C=O) groups is 1. The van der Waals surface area contributed by atoms with Crippen LogP contribution < -0.4 is 10.0 Å². The Kier molecular flexibility index (Phi) is 5.20. The van der Waals surface area contributed by atoms with Crippen molar-refractivity contribution in [1.29, 1.82) is 0 Å². The van der Waals surface area contributed by atoms with Gasteiger partial charge in [0.2, 0.25) is 5.91 Å². The van der Waals surface area contributed by atoms with Gasteiger partial charge in [-0.1, -0.05) is 17.7 Å². The Morgan fingerprint density at radius 2 is 1.58 bits per heavy atom. The van der Waals surface area contributed by atoms with Crippen LogP contribution in [0.3, 0.4) is 0 Å². The summed E-state index contributed by atoms with van der Waals surface area (Å²) < 4.78 is 28.2. The van der Waals surface area contributed by atoms with Crippen LogP contribution in [0.4, 0.5) is 11.4 Å². The van der Waals surface area contributed by atoms with Crippen LogP contribution in [0.25, 0.3) is 0 Å². The molecule has 0 atom stereocenters. The minimum Gasteiger partial charge on any atom is -0.326 e. The van der Waals surface area contributed by atoms with E-state index in [0.717, 1.165) is 5.56 Å². The van der Waals surface area contributed by atoms with Gasteiger partial charge in [0.1, 0.15) is 0 Å². The van der Waals surface area contributed by atoms with Crippen LogP contribution in [0.5, 0.6) is 0 Å². The molecule has 2 aromatic rings. The Bertz CT molecular complexity index is 885. The SMILES string of the molecule is CC(=O)Nc1cc(C)c(S(=O)(=O)Nc2cc(Cl)ccc2C)c(C)c1. The average Bonchev–Trinajstić information content (AvgIpc) is 2.40. The van der Waals surface area contributed by atoms with E-state index >= 15 is 0 Å². The summed E-state index contributed by atoms with van der Waals surface area (Å²) in [6, 6.07) is 8.29. The molecule has 5 nitrogen and oxygen atoms in total. The Labute approximate surface area is 147 Å². The number of sulfonamides is 1. The lowest BCUT2D eigenvalue weighted by Gasteiger charge is -2.16. The van der Waals surface area contributed by atoms with Crippen LogP contribution in [0.15, 0.2) is 35.2 Å². The lowest BCUT2D eigenvalue weighted by Crippen LogP contribution is -2.17. The van der Waals surface area contributed by atoms with Crippen molar-refractivity contribution in [3.05, 3.63) is 52.0 Å². The average molecular weight is 367 g/mol. The van der Waals surface area contributed by atoms with Gasteiger partial charge in [-0.3, -0.25) is 9.52 Å². The molecule has 0 saturated heterocycles. The van der Waals surface area contributed by atoms with Crippen LogP contribution in [0.2, 0.25) is 5.02 Å². The molecule has 0 heterocycles. The van der Waals surface area contributed by atoms with E-state index < -0.39 is 10.0 Å². The number of aryl methyl sites for hydroxylation is 3. The van der Waals surface area contributed by atoms with Crippen molar-refractivity contribution in [3.8, 4) is 0 Å². The van der Waals surface area contributed by atoms with E-state index in [0.29, 0.717) is 27.5 Å². The lowest BCUT2D eigenvalue weighted by atomic mass is 10.1. The summed E-state index contributed by atoms with van der Waals surface area (Å²) in [4.78, 5) is 11.4. The second-order valence-corrected chi connectivity index (χ2v) is 7.74. The number of carbonyl (C=O) groups excluding carboxylic acids is 1. The minimum absolute atomic E-state index is 0.191. The van der Waals surface area contributed by atoms with Gasteiger partial charge in [0.05, 0.1) is 10.6 Å². The molecule has 0 radical (unpaired) electrons. The number of amides is 1. The Balaban J connectivity index is 2.46. The fourth-order valence-electron chi connectivity index (χ4n) is 2.55. The van der Waals surface area contributed by atoms with E-state index in [4.69, 9.17) is 11.6 Å². The first-order chi connectivity index (χ1) is 11.1. The standard InChI is InChI=1S/C17H19ClN2O3S/c1-10-5-6-14(18)9-16(10)20-24(22,23)17-11(2)7-15(8-12(17)3)19-13(4)21/h5-9,20H,1-4H3,(H,19,21). The fourth-order valence-corrected chi connectivity index (χ4v) is 4.30. The van der Waals surface area contributed by atoms with E-state index in [9.17, 15) is 13.2 Å². The molecule has 0 unspecified atom stereocenters. The maximum absolute atomic E-state index is 12.8. The van der Waals surface area contributed by atoms with Crippen molar-refractivity contribution < 1.29 is 13.2 Å². The van der Waals surface area contributed by atoms with Crippen molar-refractivity contribution in [3.63, 3.8) is 0 Å². The van der Waals surface area contributed by atoms with Gasteiger partial charge in [0, 0.05) is 17.6 Å². The highest BCUT2D eigenvalue weighted by molar-refractivity contribution is 7.92. The zero-order valence-corrected chi connectivity index (χ0v) is 15.5. The van der Waals surface area contributed by atoms with Crippen LogP contribution >= 0.6 is 11.6 Å². The molecule has 2 N–H and O–H groups in total. The second-order valence-electron chi connectivity index (χ2n) is 5.69. The van der Waals surface area contributed by atoms with Gasteiger partial charge in [-0.25, -0.2) is 8.42 Å². The van der Waals surface area contributed by atoms with Gasteiger partial charge in [0.15, 0.2) is 0 Å². The molecule has 0 aliphatic rings. The molecule has 0 fully saturated rings. The number of rotatable bonds is 4. The van der Waals surface area contributed by atoms with E-state index in [1.165, 1.54) is 6.92 Å². The van der Waals surface area contributed by atoms with E-state index in [1.54, 1.807) is 51.1 Å². The quantitative estimate of drug-likeness (QED) is 0.857. The predicted molar refractivity (Wildman–Crippen MR) is 97.2 cm³/mol. The largest absolute Gasteiger partial charge is 0.326 e. The van der Waals surface area contributed by atoms with Crippen molar-refractivity contribution in [1.82, 2.24) is 0 Å². The molecule has 128 valence electrons. The maximum Gasteiger partial charge on any atom is 0.262 e. The molecule has 0 saturated carbocycles. The monoisotopic (exact) mass is 366 g/mol. The number of nitrogens with one attached hydrogen (secondary N) is 2. The van der Waals surface area contributed by atoms with Gasteiger partial charge in [-0.05, 0) is 61.7 Å². The van der Waals surface area contributed by atoms with Crippen molar-refractivity contribution in [2.45, 2.75) is 32.6 Å². The summed E-state index contributed by atoms with van der Waals surface area (Å²) in [5.41, 5.74) is 2.87. The molecular formula is C17H19ClN2O3S. The third-order valence-electron chi connectivity index (χ3n) is 3.49. The highest BCUT2D eigenvalue weighted by atomic mass is 35.5. The van der Waals surface area contributed by atoms with Crippen LogP contribution in [-0.2, 0) is 14.8 Å². The van der Waals surface area contributed by atoms with Crippen LogP contribution in [-0.4, -0.2) is 14.3 Å². The minimum atomic E-state index is -3.78. The molecule has 2 rings (SSSR count). The summed E-state index contributed by atoms with van der Waals surface area (Å²) in [7, 11) is -3.78. The Hall–Kier alpha value is -2.05. The topological polar surface area (TPSA) is 75.3 Å². The van der Waals surface area contributed by atoms with Gasteiger partial charge in [0.25, 0.3) is 10.0 Å². The van der Waals surface area contributed by atoms with Gasteiger partial charge in [-0.2, -0.15) is 0 Å². The summed E-state index contributed by atoms with van der Waals surface area (Å²) >= 11 is 5.95. The predicted octanol–water partition coefficient (Wildman–Crippen LogP) is 4.02. The first kappa shape index (κ1) is 18.3. The first-order valence-corrected chi connectivity index (χ1v) is 9.14. The van der Waals surface area contributed by atoms with E-state index in [2.05, 4.69) is 10.0 Å². The Morgan fingerprint density at radius 3 is 2.12 bits per heavy atom. The third-order valence-corrected chi connectivity index (χ3v) is 5.40. The van der Waals surface area contributed by atoms with Crippen LogP contribution in [0.1, 0.15) is 23.6 Å². The zero-order chi connectivity index (χ0) is 18.1. The molecule has 7 heteroatoms. The van der Waals surface area contributed by atoms with E-state index in [-0.39, 0.29) is 10.8 Å². The molecule has 0 aromatic heterocycles. The summed E-state index contributed by atoms with van der Waals surface area (Å²) in [6.07, 6.45) is 0. The smallest absolute Gasteiger partial charge is 0.262 e. The number of hydrogen-bond donors (Lipinski definition) is 2. The van der Waals surface area contributed by atoms with Gasteiger partial charge >= 0.3 is 0 Å². The summed E-state index contributed by atoms with van der Waals surface area (Å²) in [5, 5.41) is 3.11. The highest BCUT2D eigenvalue weighted by Crippen LogP contribution is 2.28. The molecule has 0 bridgehead atoms.